The normalized spacial score (nSPS) is 10.3. The Labute approximate surface area is 138 Å². The average Bonchev–Trinajstić information content (AvgIpc) is 2.57. The third-order valence-corrected chi connectivity index (χ3v) is 4.24. The molecule has 0 spiro atoms. The molecule has 1 heterocycles. The Morgan fingerprint density at radius 1 is 1.00 bits per heavy atom. The number of fused-ring (bicyclic) bond motifs is 1. The van der Waals surface area contributed by atoms with Gasteiger partial charge < -0.3 is 0 Å². The minimum absolute atomic E-state index is 0.0617. The largest absolute Gasteiger partial charge is 0.249 e. The van der Waals surface area contributed by atoms with E-state index >= 15 is 0 Å². The van der Waals surface area contributed by atoms with Crippen molar-refractivity contribution in [1.82, 2.24) is 4.98 Å². The van der Waals surface area contributed by atoms with Gasteiger partial charge in [0.2, 0.25) is 5.95 Å². The Hall–Kier alpha value is -2.83. The number of halogens is 3. The van der Waals surface area contributed by atoms with E-state index in [1.165, 1.54) is 0 Å². The number of pyridine rings is 1. The lowest BCUT2D eigenvalue weighted by Crippen LogP contribution is -1.99. The van der Waals surface area contributed by atoms with E-state index in [1.54, 1.807) is 30.3 Å². The molecule has 3 rings (SSSR count). The van der Waals surface area contributed by atoms with Gasteiger partial charge >= 0.3 is 0 Å². The number of benzene rings is 2. The maximum Gasteiger partial charge on any atom is 0.249 e. The number of hydrogen-bond donors (Lipinski definition) is 0. The molecule has 0 saturated heterocycles. The molecule has 0 radical (unpaired) electrons. The van der Waals surface area contributed by atoms with E-state index in [-0.39, 0.29) is 26.5 Å². The van der Waals surface area contributed by atoms with Crippen molar-refractivity contribution in [2.75, 3.05) is 0 Å². The molecule has 23 heavy (non-hydrogen) atoms. The second-order valence-electron chi connectivity index (χ2n) is 4.69. The molecule has 0 aliphatic rings. The summed E-state index contributed by atoms with van der Waals surface area (Å²) in [4.78, 5) is 3.66. The molecule has 0 bridgehead atoms. The van der Waals surface area contributed by atoms with Gasteiger partial charge in [-0.1, -0.05) is 30.3 Å². The summed E-state index contributed by atoms with van der Waals surface area (Å²) in [6.07, 6.45) is 0. The highest BCUT2D eigenvalue weighted by Gasteiger charge is 2.22. The van der Waals surface area contributed by atoms with Crippen LogP contribution in [0.3, 0.4) is 0 Å². The van der Waals surface area contributed by atoms with Crippen LogP contribution in [0.5, 0.6) is 0 Å². The molecule has 0 amide bonds. The van der Waals surface area contributed by atoms with Crippen molar-refractivity contribution < 1.29 is 8.78 Å². The zero-order chi connectivity index (χ0) is 16.6. The lowest BCUT2D eigenvalue weighted by atomic mass is 9.93. The highest BCUT2D eigenvalue weighted by Crippen LogP contribution is 2.38. The van der Waals surface area contributed by atoms with Crippen LogP contribution in [0.2, 0.25) is 0 Å². The van der Waals surface area contributed by atoms with E-state index in [1.807, 2.05) is 12.1 Å². The van der Waals surface area contributed by atoms with Crippen molar-refractivity contribution in [3.05, 3.63) is 63.8 Å². The molecule has 110 valence electrons. The predicted molar refractivity (Wildman–Crippen MR) is 84.2 cm³/mol. The first-order chi connectivity index (χ1) is 11.1. The van der Waals surface area contributed by atoms with Crippen LogP contribution >= 0.6 is 15.9 Å². The molecule has 3 aromatic rings. The van der Waals surface area contributed by atoms with Gasteiger partial charge in [0.05, 0.1) is 16.6 Å². The molecule has 0 aliphatic heterocycles. The maximum atomic E-state index is 13.6. The van der Waals surface area contributed by atoms with Gasteiger partial charge in [-0.3, -0.25) is 0 Å². The predicted octanol–water partition coefficient (Wildman–Crippen LogP) is 4.69. The number of nitrogens with zero attached hydrogens (tertiary/aromatic N) is 3. The number of aromatic nitrogens is 1. The van der Waals surface area contributed by atoms with E-state index in [0.717, 1.165) is 6.07 Å². The van der Waals surface area contributed by atoms with E-state index in [9.17, 15) is 19.3 Å². The third-order valence-electron chi connectivity index (χ3n) is 3.41. The summed E-state index contributed by atoms with van der Waals surface area (Å²) in [6, 6.07) is 13.6. The molecule has 0 aliphatic carbocycles. The van der Waals surface area contributed by atoms with E-state index in [4.69, 9.17) is 0 Å². The SMILES string of the molecule is N#Cc1c(C#N)c(-c2ccccc2)c2nc(F)c(F)cc2c1Br. The fourth-order valence-corrected chi connectivity index (χ4v) is 3.00. The lowest BCUT2D eigenvalue weighted by Gasteiger charge is -2.12. The number of nitriles is 2. The number of hydrogen-bond acceptors (Lipinski definition) is 3. The highest BCUT2D eigenvalue weighted by atomic mass is 79.9. The molecule has 0 N–H and O–H groups in total. The third kappa shape index (κ3) is 2.34. The molecule has 6 heteroatoms. The standard InChI is InChI=1S/C17H6BrF2N3/c18-15-10-6-13(19)17(20)23-16(10)14(9-4-2-1-3-5-9)11(7-21)12(15)8-22/h1-6H. The summed E-state index contributed by atoms with van der Waals surface area (Å²) in [7, 11) is 0. The molecular weight excluding hydrogens is 364 g/mol. The minimum Gasteiger partial charge on any atom is -0.216 e. The van der Waals surface area contributed by atoms with Crippen molar-refractivity contribution in [1.29, 1.82) is 10.5 Å². The molecule has 2 aromatic carbocycles. The van der Waals surface area contributed by atoms with Crippen LogP contribution in [0, 0.1) is 34.4 Å². The molecule has 0 atom stereocenters. The first kappa shape index (κ1) is 15.1. The van der Waals surface area contributed by atoms with Gasteiger partial charge in [0.15, 0.2) is 5.82 Å². The first-order valence-electron chi connectivity index (χ1n) is 6.45. The van der Waals surface area contributed by atoms with Crippen molar-refractivity contribution in [2.45, 2.75) is 0 Å². The first-order valence-corrected chi connectivity index (χ1v) is 7.24. The second kappa shape index (κ2) is 5.75. The summed E-state index contributed by atoms with van der Waals surface area (Å²) in [6.45, 7) is 0. The van der Waals surface area contributed by atoms with Gasteiger partial charge in [0.25, 0.3) is 0 Å². The van der Waals surface area contributed by atoms with Gasteiger partial charge in [0, 0.05) is 15.4 Å². The molecule has 0 fully saturated rings. The lowest BCUT2D eigenvalue weighted by molar-refractivity contribution is 0.484. The van der Waals surface area contributed by atoms with Crippen LogP contribution in [0.15, 0.2) is 40.9 Å². The molecule has 1 aromatic heterocycles. The Bertz CT molecular complexity index is 1020. The fraction of sp³-hybridized carbons (Fsp3) is 0. The van der Waals surface area contributed by atoms with Gasteiger partial charge in [0.1, 0.15) is 12.1 Å². The smallest absolute Gasteiger partial charge is 0.216 e. The van der Waals surface area contributed by atoms with Gasteiger partial charge in [-0.2, -0.15) is 14.9 Å². The van der Waals surface area contributed by atoms with Crippen molar-refractivity contribution in [3.63, 3.8) is 0 Å². The van der Waals surface area contributed by atoms with Crippen LogP contribution in [0.1, 0.15) is 11.1 Å². The fourth-order valence-electron chi connectivity index (χ4n) is 2.41. The van der Waals surface area contributed by atoms with Crippen LogP contribution in [-0.4, -0.2) is 4.98 Å². The quantitative estimate of drug-likeness (QED) is 0.584. The molecular formula is C17H6BrF2N3. The zero-order valence-corrected chi connectivity index (χ0v) is 13.0. The maximum absolute atomic E-state index is 13.6. The van der Waals surface area contributed by atoms with Gasteiger partial charge in [-0.25, -0.2) is 9.37 Å². The summed E-state index contributed by atoms with van der Waals surface area (Å²) < 4.78 is 27.4. The molecule has 0 unspecified atom stereocenters. The van der Waals surface area contributed by atoms with E-state index in [0.29, 0.717) is 11.1 Å². The monoisotopic (exact) mass is 369 g/mol. The topological polar surface area (TPSA) is 60.5 Å². The average molecular weight is 370 g/mol. The van der Waals surface area contributed by atoms with Crippen molar-refractivity contribution in [2.24, 2.45) is 0 Å². The van der Waals surface area contributed by atoms with Gasteiger partial charge in [-0.15, -0.1) is 0 Å². The minimum atomic E-state index is -1.25. The zero-order valence-electron chi connectivity index (χ0n) is 11.4. The van der Waals surface area contributed by atoms with E-state index < -0.39 is 11.8 Å². The number of rotatable bonds is 1. The summed E-state index contributed by atoms with van der Waals surface area (Å²) in [5.41, 5.74) is 1.15. The van der Waals surface area contributed by atoms with Crippen molar-refractivity contribution >= 4 is 26.8 Å². The van der Waals surface area contributed by atoms with Crippen LogP contribution in [0.25, 0.3) is 22.0 Å². The Kier molecular flexibility index (Phi) is 3.77. The Morgan fingerprint density at radius 3 is 2.26 bits per heavy atom. The van der Waals surface area contributed by atoms with Crippen LogP contribution in [0.4, 0.5) is 8.78 Å². The summed E-state index contributed by atoms with van der Waals surface area (Å²) in [5, 5.41) is 19.1. The second-order valence-corrected chi connectivity index (χ2v) is 5.48. The van der Waals surface area contributed by atoms with Crippen LogP contribution < -0.4 is 0 Å². The van der Waals surface area contributed by atoms with Crippen molar-refractivity contribution in [3.8, 4) is 23.3 Å². The Balaban J connectivity index is 2.61. The van der Waals surface area contributed by atoms with Crippen LogP contribution in [-0.2, 0) is 0 Å². The Morgan fingerprint density at radius 2 is 1.65 bits per heavy atom. The summed E-state index contributed by atoms with van der Waals surface area (Å²) in [5.74, 6) is -2.37. The molecule has 0 saturated carbocycles. The highest BCUT2D eigenvalue weighted by molar-refractivity contribution is 9.10. The van der Waals surface area contributed by atoms with Gasteiger partial charge in [-0.05, 0) is 27.6 Å². The summed E-state index contributed by atoms with van der Waals surface area (Å²) >= 11 is 3.20. The molecule has 3 nitrogen and oxygen atoms in total. The van der Waals surface area contributed by atoms with E-state index in [2.05, 4.69) is 20.9 Å².